The standard InChI is InChI=1S/C24H33N5O5S2/c1-15(2)9-11-26-35(31,32)17-5-7-19-20-8-6-18(36(33,34)27-12-10-16(3)4)14-22(20)23(21(19)13-17)28-29-24(25)30/h5-8,13-16,26-27H,9-12H2,1-4H3,(H3,25,29,30). The van der Waals surface area contributed by atoms with E-state index in [9.17, 15) is 21.6 Å². The van der Waals surface area contributed by atoms with Gasteiger partial charge >= 0.3 is 6.03 Å². The maximum Gasteiger partial charge on any atom is 0.332 e. The van der Waals surface area contributed by atoms with Crippen molar-refractivity contribution in [1.82, 2.24) is 14.9 Å². The van der Waals surface area contributed by atoms with Crippen LogP contribution in [-0.2, 0) is 20.0 Å². The van der Waals surface area contributed by atoms with Gasteiger partial charge in [0, 0.05) is 24.2 Å². The van der Waals surface area contributed by atoms with Crippen molar-refractivity contribution in [2.24, 2.45) is 22.7 Å². The summed E-state index contributed by atoms with van der Waals surface area (Å²) in [4.78, 5) is 11.4. The number of sulfonamides is 2. The lowest BCUT2D eigenvalue weighted by Gasteiger charge is -2.10. The van der Waals surface area contributed by atoms with Gasteiger partial charge in [0.1, 0.15) is 0 Å². The number of amides is 2. The van der Waals surface area contributed by atoms with E-state index >= 15 is 0 Å². The molecule has 2 aromatic carbocycles. The maximum absolute atomic E-state index is 12.9. The summed E-state index contributed by atoms with van der Waals surface area (Å²) in [6, 6.07) is 8.29. The van der Waals surface area contributed by atoms with E-state index in [4.69, 9.17) is 5.73 Å². The molecular weight excluding hydrogens is 502 g/mol. The lowest BCUT2D eigenvalue weighted by molar-refractivity contribution is 0.249. The smallest absolute Gasteiger partial charge is 0.332 e. The lowest BCUT2D eigenvalue weighted by Crippen LogP contribution is -2.27. The molecule has 0 saturated carbocycles. The average molecular weight is 536 g/mol. The highest BCUT2D eigenvalue weighted by molar-refractivity contribution is 7.89. The predicted molar refractivity (Wildman–Crippen MR) is 140 cm³/mol. The molecule has 196 valence electrons. The van der Waals surface area contributed by atoms with Gasteiger partial charge in [-0.1, -0.05) is 39.8 Å². The number of fused-ring (bicyclic) bond motifs is 3. The van der Waals surface area contributed by atoms with E-state index in [0.717, 1.165) is 0 Å². The van der Waals surface area contributed by atoms with E-state index in [2.05, 4.69) is 20.0 Å². The van der Waals surface area contributed by atoms with Gasteiger partial charge in [-0.2, -0.15) is 5.10 Å². The van der Waals surface area contributed by atoms with Gasteiger partial charge in [-0.15, -0.1) is 0 Å². The first kappa shape index (κ1) is 27.8. The highest BCUT2D eigenvalue weighted by Gasteiger charge is 2.29. The molecule has 0 fully saturated rings. The van der Waals surface area contributed by atoms with E-state index in [0.29, 0.717) is 60.0 Å². The van der Waals surface area contributed by atoms with Crippen LogP contribution in [0.25, 0.3) is 11.1 Å². The minimum Gasteiger partial charge on any atom is -0.350 e. The Hall–Kier alpha value is -2.80. The number of nitrogens with two attached hydrogens (primary N) is 1. The Balaban J connectivity index is 2.02. The molecule has 0 radical (unpaired) electrons. The number of hydrazone groups is 1. The molecule has 2 aromatic rings. The fourth-order valence-corrected chi connectivity index (χ4v) is 5.90. The molecule has 2 amide bonds. The van der Waals surface area contributed by atoms with E-state index in [-0.39, 0.29) is 15.5 Å². The monoisotopic (exact) mass is 535 g/mol. The van der Waals surface area contributed by atoms with Gasteiger partial charge in [0.15, 0.2) is 0 Å². The second-order valence-electron chi connectivity index (χ2n) is 9.51. The van der Waals surface area contributed by atoms with Crippen LogP contribution in [-0.4, -0.2) is 41.7 Å². The molecule has 1 aliphatic rings. The maximum atomic E-state index is 12.9. The number of carbonyl (C=O) groups is 1. The van der Waals surface area contributed by atoms with Crippen LogP contribution in [0.4, 0.5) is 4.79 Å². The predicted octanol–water partition coefficient (Wildman–Crippen LogP) is 2.74. The second-order valence-corrected chi connectivity index (χ2v) is 13.0. The Morgan fingerprint density at radius 1 is 0.778 bits per heavy atom. The van der Waals surface area contributed by atoms with Crippen molar-refractivity contribution < 1.29 is 21.6 Å². The molecule has 0 aromatic heterocycles. The van der Waals surface area contributed by atoms with Crippen LogP contribution in [0.5, 0.6) is 0 Å². The van der Waals surface area contributed by atoms with E-state index in [1.165, 1.54) is 24.3 Å². The summed E-state index contributed by atoms with van der Waals surface area (Å²) in [5, 5.41) is 4.08. The molecule has 10 nitrogen and oxygen atoms in total. The summed E-state index contributed by atoms with van der Waals surface area (Å²) >= 11 is 0. The van der Waals surface area contributed by atoms with Crippen LogP contribution >= 0.6 is 0 Å². The number of carbonyl (C=O) groups excluding carboxylic acids is 1. The third-order valence-corrected chi connectivity index (χ3v) is 8.63. The van der Waals surface area contributed by atoms with Gasteiger partial charge < -0.3 is 5.73 Å². The van der Waals surface area contributed by atoms with Gasteiger partial charge in [0.05, 0.1) is 15.5 Å². The summed E-state index contributed by atoms with van der Waals surface area (Å²) < 4.78 is 56.6. The molecule has 0 unspecified atom stereocenters. The third kappa shape index (κ3) is 6.49. The average Bonchev–Trinajstić information content (AvgIpc) is 3.09. The molecule has 12 heteroatoms. The molecular formula is C24H33N5O5S2. The Labute approximate surface area is 212 Å². The van der Waals surface area contributed by atoms with E-state index in [1.54, 1.807) is 12.1 Å². The van der Waals surface area contributed by atoms with Crippen molar-refractivity contribution in [2.75, 3.05) is 13.1 Å². The van der Waals surface area contributed by atoms with Crippen LogP contribution in [0.1, 0.15) is 51.7 Å². The summed E-state index contributed by atoms with van der Waals surface area (Å²) in [7, 11) is -7.58. The third-order valence-electron chi connectivity index (χ3n) is 5.71. The normalized spacial score (nSPS) is 13.1. The molecule has 1 aliphatic carbocycles. The summed E-state index contributed by atoms with van der Waals surface area (Å²) in [6.07, 6.45) is 1.38. The van der Waals surface area contributed by atoms with Gasteiger partial charge in [0.2, 0.25) is 20.0 Å². The highest BCUT2D eigenvalue weighted by atomic mass is 32.2. The molecule has 0 atom stereocenters. The van der Waals surface area contributed by atoms with E-state index < -0.39 is 26.1 Å². The van der Waals surface area contributed by atoms with Crippen molar-refractivity contribution in [3.05, 3.63) is 47.5 Å². The summed E-state index contributed by atoms with van der Waals surface area (Å²) in [6.45, 7) is 8.61. The van der Waals surface area contributed by atoms with Crippen LogP contribution in [0.15, 0.2) is 51.3 Å². The topological polar surface area (TPSA) is 160 Å². The fourth-order valence-electron chi connectivity index (χ4n) is 3.75. The van der Waals surface area contributed by atoms with Gasteiger partial charge in [-0.3, -0.25) is 0 Å². The Kier molecular flexibility index (Phi) is 8.55. The largest absolute Gasteiger partial charge is 0.350 e. The molecule has 3 rings (SSSR count). The number of hydrogen-bond acceptors (Lipinski definition) is 6. The molecule has 0 bridgehead atoms. The number of rotatable bonds is 11. The van der Waals surface area contributed by atoms with E-state index in [1.807, 2.05) is 27.7 Å². The van der Waals surface area contributed by atoms with Crippen molar-refractivity contribution in [3.8, 4) is 11.1 Å². The molecule has 5 N–H and O–H groups in total. The zero-order chi connectivity index (χ0) is 26.7. The van der Waals surface area contributed by atoms with Crippen LogP contribution < -0.4 is 20.6 Å². The number of urea groups is 1. The minimum atomic E-state index is -3.79. The van der Waals surface area contributed by atoms with Crippen molar-refractivity contribution in [3.63, 3.8) is 0 Å². The first-order chi connectivity index (χ1) is 16.8. The first-order valence-corrected chi connectivity index (χ1v) is 14.7. The number of hydrogen-bond donors (Lipinski definition) is 4. The molecule has 0 aliphatic heterocycles. The SMILES string of the molecule is CC(C)CCNS(=O)(=O)c1ccc2c(c1)C(=NNC(N)=O)c1cc(S(=O)(=O)NCCC(C)C)ccc1-2. The Morgan fingerprint density at radius 3 is 1.56 bits per heavy atom. The summed E-state index contributed by atoms with van der Waals surface area (Å²) in [5.74, 6) is 0.678. The fraction of sp³-hybridized carbons (Fsp3) is 0.417. The zero-order valence-corrected chi connectivity index (χ0v) is 22.5. The number of nitrogens with zero attached hydrogens (tertiary/aromatic N) is 1. The Morgan fingerprint density at radius 2 is 1.19 bits per heavy atom. The van der Waals surface area contributed by atoms with Gasteiger partial charge in [-0.25, -0.2) is 36.5 Å². The molecule has 0 heterocycles. The minimum absolute atomic E-state index is 0.0350. The molecule has 0 saturated heterocycles. The summed E-state index contributed by atoms with van der Waals surface area (Å²) in [5.41, 5.74) is 9.79. The van der Waals surface area contributed by atoms with Crippen molar-refractivity contribution in [2.45, 2.75) is 50.3 Å². The number of primary amides is 1. The van der Waals surface area contributed by atoms with Crippen LogP contribution in [0.2, 0.25) is 0 Å². The Bertz CT molecular complexity index is 1290. The van der Waals surface area contributed by atoms with Gasteiger partial charge in [-0.05, 0) is 60.1 Å². The molecule has 36 heavy (non-hydrogen) atoms. The van der Waals surface area contributed by atoms with Crippen molar-refractivity contribution >= 4 is 31.8 Å². The molecule has 0 spiro atoms. The lowest BCUT2D eigenvalue weighted by atomic mass is 10.1. The zero-order valence-electron chi connectivity index (χ0n) is 20.8. The van der Waals surface area contributed by atoms with Crippen LogP contribution in [0.3, 0.4) is 0 Å². The first-order valence-electron chi connectivity index (χ1n) is 11.7. The van der Waals surface area contributed by atoms with Gasteiger partial charge in [0.25, 0.3) is 0 Å². The number of benzene rings is 2. The van der Waals surface area contributed by atoms with Crippen LogP contribution in [0, 0.1) is 11.8 Å². The second kappa shape index (κ2) is 11.1. The highest BCUT2D eigenvalue weighted by Crippen LogP contribution is 2.39. The quantitative estimate of drug-likeness (QED) is 0.277. The van der Waals surface area contributed by atoms with Crippen molar-refractivity contribution in [1.29, 1.82) is 0 Å². The number of nitrogens with one attached hydrogen (secondary N) is 3.